The number of fused-ring (bicyclic) bond motifs is 1. The number of anilines is 1. The summed E-state index contributed by atoms with van der Waals surface area (Å²) in [6, 6.07) is 12.6. The second-order valence-electron chi connectivity index (χ2n) is 4.31. The molecule has 0 unspecified atom stereocenters. The Labute approximate surface area is 124 Å². The summed E-state index contributed by atoms with van der Waals surface area (Å²) in [5.74, 6) is 0.0192. The summed E-state index contributed by atoms with van der Waals surface area (Å²) in [7, 11) is 0. The fourth-order valence-corrected chi connectivity index (χ4v) is 2.48. The first-order chi connectivity index (χ1) is 9.74. The molecule has 0 saturated carbocycles. The maximum atomic E-state index is 13.0. The van der Waals surface area contributed by atoms with Crippen LogP contribution in [-0.4, -0.2) is 9.97 Å². The molecule has 2 heterocycles. The van der Waals surface area contributed by atoms with Crippen molar-refractivity contribution >= 4 is 32.7 Å². The molecule has 1 N–H and O–H groups in total. The zero-order valence-electron chi connectivity index (χ0n) is 10.5. The number of aromatic nitrogens is 2. The average Bonchev–Trinajstić information content (AvgIpc) is 2.47. The lowest BCUT2D eigenvalue weighted by molar-refractivity contribution is 0.585. The number of nitrogens with one attached hydrogen (secondary N) is 1. The Balaban J connectivity index is 1.90. The monoisotopic (exact) mass is 331 g/mol. The SMILES string of the molecule is Fc1cccc(NCc2ccc(Br)c3cccnc23)n1. The number of rotatable bonds is 3. The lowest BCUT2D eigenvalue weighted by Gasteiger charge is -2.09. The van der Waals surface area contributed by atoms with Gasteiger partial charge in [0.25, 0.3) is 0 Å². The third-order valence-corrected chi connectivity index (χ3v) is 3.67. The van der Waals surface area contributed by atoms with Gasteiger partial charge in [-0.05, 0) is 29.8 Å². The predicted molar refractivity (Wildman–Crippen MR) is 81.0 cm³/mol. The average molecular weight is 332 g/mol. The molecule has 0 aliphatic heterocycles. The lowest BCUT2D eigenvalue weighted by Crippen LogP contribution is -2.03. The van der Waals surface area contributed by atoms with Crippen LogP contribution in [0.3, 0.4) is 0 Å². The van der Waals surface area contributed by atoms with Crippen molar-refractivity contribution in [2.24, 2.45) is 0 Å². The molecule has 5 heteroatoms. The van der Waals surface area contributed by atoms with Crippen LogP contribution >= 0.6 is 15.9 Å². The minimum Gasteiger partial charge on any atom is -0.366 e. The van der Waals surface area contributed by atoms with E-state index in [1.165, 1.54) is 6.07 Å². The normalized spacial score (nSPS) is 10.7. The van der Waals surface area contributed by atoms with Crippen molar-refractivity contribution in [1.29, 1.82) is 0 Å². The summed E-state index contributed by atoms with van der Waals surface area (Å²) in [6.45, 7) is 0.539. The fourth-order valence-electron chi connectivity index (χ4n) is 2.03. The molecule has 1 aromatic carbocycles. The second kappa shape index (κ2) is 5.54. The van der Waals surface area contributed by atoms with E-state index in [4.69, 9.17) is 0 Å². The molecular formula is C15H11BrFN3. The summed E-state index contributed by atoms with van der Waals surface area (Å²) < 4.78 is 14.0. The van der Waals surface area contributed by atoms with Gasteiger partial charge in [-0.3, -0.25) is 4.98 Å². The highest BCUT2D eigenvalue weighted by atomic mass is 79.9. The van der Waals surface area contributed by atoms with Gasteiger partial charge in [0.2, 0.25) is 5.95 Å². The topological polar surface area (TPSA) is 37.8 Å². The zero-order valence-corrected chi connectivity index (χ0v) is 12.1. The second-order valence-corrected chi connectivity index (χ2v) is 5.16. The molecule has 0 spiro atoms. The largest absolute Gasteiger partial charge is 0.366 e. The van der Waals surface area contributed by atoms with E-state index in [9.17, 15) is 4.39 Å². The minimum atomic E-state index is -0.492. The van der Waals surface area contributed by atoms with E-state index < -0.39 is 5.95 Å². The standard InChI is InChI=1S/C15H11BrFN3/c16-12-7-6-10(15-11(12)3-2-8-18-15)9-19-14-5-1-4-13(17)20-14/h1-8H,9H2,(H,19,20). The summed E-state index contributed by atoms with van der Waals surface area (Å²) >= 11 is 3.51. The Morgan fingerprint density at radius 3 is 2.85 bits per heavy atom. The minimum absolute atomic E-state index is 0.492. The Hall–Kier alpha value is -2.01. The molecule has 3 aromatic rings. The molecule has 3 nitrogen and oxygen atoms in total. The van der Waals surface area contributed by atoms with Gasteiger partial charge in [0, 0.05) is 22.6 Å². The highest BCUT2D eigenvalue weighted by Gasteiger charge is 2.05. The van der Waals surface area contributed by atoms with Crippen molar-refractivity contribution in [3.8, 4) is 0 Å². The maximum absolute atomic E-state index is 13.0. The third kappa shape index (κ3) is 2.63. The number of halogens is 2. The van der Waals surface area contributed by atoms with Crippen molar-refractivity contribution in [3.05, 3.63) is 64.6 Å². The smallest absolute Gasteiger partial charge is 0.214 e. The molecule has 20 heavy (non-hydrogen) atoms. The Morgan fingerprint density at radius 1 is 1.10 bits per heavy atom. The van der Waals surface area contributed by atoms with E-state index in [1.807, 2.05) is 24.3 Å². The molecular weight excluding hydrogens is 321 g/mol. The first-order valence-electron chi connectivity index (χ1n) is 6.12. The Kier molecular flexibility index (Phi) is 3.60. The number of hydrogen-bond donors (Lipinski definition) is 1. The van der Waals surface area contributed by atoms with Gasteiger partial charge in [-0.1, -0.05) is 34.1 Å². The van der Waals surface area contributed by atoms with Crippen molar-refractivity contribution < 1.29 is 4.39 Å². The number of pyridine rings is 2. The molecule has 0 aliphatic carbocycles. The zero-order chi connectivity index (χ0) is 13.9. The van der Waals surface area contributed by atoms with E-state index in [2.05, 4.69) is 31.2 Å². The fraction of sp³-hybridized carbons (Fsp3) is 0.0667. The summed E-state index contributed by atoms with van der Waals surface area (Å²) in [4.78, 5) is 8.19. The molecule has 2 aromatic heterocycles. The summed E-state index contributed by atoms with van der Waals surface area (Å²) in [5.41, 5.74) is 1.96. The molecule has 0 bridgehead atoms. The van der Waals surface area contributed by atoms with E-state index in [0.717, 1.165) is 20.9 Å². The molecule has 0 radical (unpaired) electrons. The number of benzene rings is 1. The van der Waals surface area contributed by atoms with Crippen molar-refractivity contribution in [1.82, 2.24) is 9.97 Å². The van der Waals surface area contributed by atoms with E-state index in [0.29, 0.717) is 12.4 Å². The third-order valence-electron chi connectivity index (χ3n) is 2.98. The van der Waals surface area contributed by atoms with Crippen LogP contribution in [0, 0.1) is 5.95 Å². The molecule has 0 saturated heterocycles. The van der Waals surface area contributed by atoms with Gasteiger partial charge < -0.3 is 5.32 Å². The maximum Gasteiger partial charge on any atom is 0.214 e. The van der Waals surface area contributed by atoms with Crippen molar-refractivity contribution in [3.63, 3.8) is 0 Å². The Bertz CT molecular complexity index is 761. The first kappa shape index (κ1) is 13.0. The molecule has 3 rings (SSSR count). The van der Waals surface area contributed by atoms with Gasteiger partial charge >= 0.3 is 0 Å². The van der Waals surface area contributed by atoms with Gasteiger partial charge in [0.15, 0.2) is 0 Å². The molecule has 0 atom stereocenters. The predicted octanol–water partition coefficient (Wildman–Crippen LogP) is 4.14. The van der Waals surface area contributed by atoms with Gasteiger partial charge in [0.05, 0.1) is 5.52 Å². The van der Waals surface area contributed by atoms with Gasteiger partial charge in [-0.2, -0.15) is 4.39 Å². The van der Waals surface area contributed by atoms with Crippen LogP contribution in [0.4, 0.5) is 10.2 Å². The summed E-state index contributed by atoms with van der Waals surface area (Å²) in [5, 5.41) is 4.16. The van der Waals surface area contributed by atoms with Crippen molar-refractivity contribution in [2.75, 3.05) is 5.32 Å². The number of nitrogens with zero attached hydrogens (tertiary/aromatic N) is 2. The van der Waals surface area contributed by atoms with Crippen LogP contribution in [-0.2, 0) is 6.54 Å². The first-order valence-corrected chi connectivity index (χ1v) is 6.92. The van der Waals surface area contributed by atoms with Crippen LogP contribution in [0.5, 0.6) is 0 Å². The molecule has 0 aliphatic rings. The van der Waals surface area contributed by atoms with Gasteiger partial charge in [-0.25, -0.2) is 4.98 Å². The Morgan fingerprint density at radius 2 is 2.00 bits per heavy atom. The summed E-state index contributed by atoms with van der Waals surface area (Å²) in [6.07, 6.45) is 1.76. The van der Waals surface area contributed by atoms with E-state index in [-0.39, 0.29) is 0 Å². The molecule has 100 valence electrons. The van der Waals surface area contributed by atoms with E-state index in [1.54, 1.807) is 18.3 Å². The van der Waals surface area contributed by atoms with Crippen LogP contribution in [0.2, 0.25) is 0 Å². The quantitative estimate of drug-likeness (QED) is 0.733. The van der Waals surface area contributed by atoms with Gasteiger partial charge in [0.1, 0.15) is 5.82 Å². The highest BCUT2D eigenvalue weighted by molar-refractivity contribution is 9.10. The van der Waals surface area contributed by atoms with Gasteiger partial charge in [-0.15, -0.1) is 0 Å². The van der Waals surface area contributed by atoms with Crippen LogP contribution < -0.4 is 5.32 Å². The van der Waals surface area contributed by atoms with Crippen LogP contribution in [0.25, 0.3) is 10.9 Å². The van der Waals surface area contributed by atoms with Crippen molar-refractivity contribution in [2.45, 2.75) is 6.54 Å². The number of hydrogen-bond acceptors (Lipinski definition) is 3. The molecule has 0 fully saturated rings. The lowest BCUT2D eigenvalue weighted by atomic mass is 10.1. The van der Waals surface area contributed by atoms with Crippen LogP contribution in [0.15, 0.2) is 53.1 Å². The van der Waals surface area contributed by atoms with Crippen LogP contribution in [0.1, 0.15) is 5.56 Å². The van der Waals surface area contributed by atoms with E-state index >= 15 is 0 Å². The highest BCUT2D eigenvalue weighted by Crippen LogP contribution is 2.25. The molecule has 0 amide bonds.